The molecule has 0 aliphatic carbocycles. The van der Waals surface area contributed by atoms with Crippen LogP contribution in [0.2, 0.25) is 0 Å². The van der Waals surface area contributed by atoms with E-state index in [-0.39, 0.29) is 10.9 Å². The molecule has 2 aromatic rings. The molecule has 0 saturated carbocycles. The Morgan fingerprint density at radius 1 is 1.39 bits per heavy atom. The van der Waals surface area contributed by atoms with E-state index in [0.717, 1.165) is 12.8 Å². The number of aliphatic hydroxyl groups excluding tert-OH is 1. The fraction of sp³-hybridized carbons (Fsp3) is 0.467. The molecule has 1 aliphatic heterocycles. The van der Waals surface area contributed by atoms with Gasteiger partial charge in [-0.05, 0) is 47.9 Å². The van der Waals surface area contributed by atoms with Crippen molar-refractivity contribution < 1.29 is 5.11 Å². The fourth-order valence-electron chi connectivity index (χ4n) is 2.68. The maximum atomic E-state index is 10.5. The van der Waals surface area contributed by atoms with Crippen LogP contribution in [0.4, 0.5) is 0 Å². The summed E-state index contributed by atoms with van der Waals surface area (Å²) in [7, 11) is 0. The molecule has 1 aromatic carbocycles. The summed E-state index contributed by atoms with van der Waals surface area (Å²) in [5.41, 5.74) is 1.30. The molecule has 2 heterocycles. The van der Waals surface area contributed by atoms with Crippen molar-refractivity contribution in [1.29, 1.82) is 0 Å². The predicted octanol–water partition coefficient (Wildman–Crippen LogP) is 4.09. The summed E-state index contributed by atoms with van der Waals surface area (Å²) in [5, 5.41) is 14.0. The largest absolute Gasteiger partial charge is 0.391 e. The van der Waals surface area contributed by atoms with Crippen molar-refractivity contribution in [1.82, 2.24) is 0 Å². The Morgan fingerprint density at radius 3 is 3.00 bits per heavy atom. The average Bonchev–Trinajstić information content (AvgIpc) is 2.98. The lowest BCUT2D eigenvalue weighted by molar-refractivity contribution is 0.134. The second-order valence-electron chi connectivity index (χ2n) is 5.24. The lowest BCUT2D eigenvalue weighted by Gasteiger charge is -2.29. The average molecular weight is 278 g/mol. The number of hydrogen-bond acceptors (Lipinski definition) is 3. The number of benzene rings is 1. The minimum Gasteiger partial charge on any atom is -0.391 e. The van der Waals surface area contributed by atoms with Crippen molar-refractivity contribution in [3.05, 3.63) is 35.2 Å². The van der Waals surface area contributed by atoms with Crippen molar-refractivity contribution in [3.8, 4) is 0 Å². The highest BCUT2D eigenvalue weighted by atomic mass is 32.2. The number of fused-ring (bicyclic) bond motifs is 1. The van der Waals surface area contributed by atoms with Crippen LogP contribution in [-0.4, -0.2) is 21.7 Å². The van der Waals surface area contributed by atoms with Crippen molar-refractivity contribution in [2.45, 2.75) is 37.0 Å². The summed E-state index contributed by atoms with van der Waals surface area (Å²) < 4.78 is 1.38. The molecular weight excluding hydrogens is 260 g/mol. The van der Waals surface area contributed by atoms with E-state index in [1.165, 1.54) is 27.8 Å². The van der Waals surface area contributed by atoms with Crippen LogP contribution in [0, 0.1) is 0 Å². The van der Waals surface area contributed by atoms with Crippen LogP contribution in [0.1, 0.15) is 25.3 Å². The third kappa shape index (κ3) is 2.20. The van der Waals surface area contributed by atoms with Gasteiger partial charge in [0.05, 0.1) is 6.10 Å². The highest BCUT2D eigenvalue weighted by Crippen LogP contribution is 2.42. The van der Waals surface area contributed by atoms with Crippen LogP contribution in [-0.2, 0) is 6.42 Å². The summed E-state index contributed by atoms with van der Waals surface area (Å²) in [4.78, 5) is 0. The second-order valence-corrected chi connectivity index (χ2v) is 7.78. The first kappa shape index (κ1) is 12.5. The van der Waals surface area contributed by atoms with Gasteiger partial charge in [0.1, 0.15) is 0 Å². The molecule has 2 atom stereocenters. The number of hydrogen-bond donors (Lipinski definition) is 1. The van der Waals surface area contributed by atoms with E-state index in [2.05, 4.69) is 36.6 Å². The zero-order valence-corrected chi connectivity index (χ0v) is 12.2. The molecule has 0 amide bonds. The number of rotatable bonds is 3. The first-order chi connectivity index (χ1) is 8.69. The molecule has 1 N–H and O–H groups in total. The van der Waals surface area contributed by atoms with Gasteiger partial charge in [0.25, 0.3) is 0 Å². The molecule has 1 aliphatic rings. The van der Waals surface area contributed by atoms with Gasteiger partial charge in [0.2, 0.25) is 0 Å². The van der Waals surface area contributed by atoms with Crippen LogP contribution in [0.3, 0.4) is 0 Å². The van der Waals surface area contributed by atoms with Crippen LogP contribution < -0.4 is 0 Å². The zero-order valence-electron chi connectivity index (χ0n) is 10.6. The van der Waals surface area contributed by atoms with E-state index >= 15 is 0 Å². The lowest BCUT2D eigenvalue weighted by atomic mass is 9.93. The van der Waals surface area contributed by atoms with E-state index < -0.39 is 0 Å². The van der Waals surface area contributed by atoms with Gasteiger partial charge >= 0.3 is 0 Å². The minimum absolute atomic E-state index is 0.0586. The molecule has 2 unspecified atom stereocenters. The van der Waals surface area contributed by atoms with Crippen LogP contribution >= 0.6 is 23.1 Å². The van der Waals surface area contributed by atoms with Gasteiger partial charge in [-0.3, -0.25) is 0 Å². The Kier molecular flexibility index (Phi) is 3.39. The van der Waals surface area contributed by atoms with E-state index in [4.69, 9.17) is 0 Å². The normalized spacial score (nSPS) is 25.7. The van der Waals surface area contributed by atoms with Crippen molar-refractivity contribution in [2.24, 2.45) is 0 Å². The molecule has 96 valence electrons. The molecule has 1 aromatic heterocycles. The Hall–Kier alpha value is -0.510. The van der Waals surface area contributed by atoms with Crippen LogP contribution in [0.25, 0.3) is 10.1 Å². The summed E-state index contributed by atoms with van der Waals surface area (Å²) in [5.74, 6) is 1.19. The maximum absolute atomic E-state index is 10.5. The highest BCUT2D eigenvalue weighted by Gasteiger charge is 2.36. The number of thioether (sulfide) groups is 1. The maximum Gasteiger partial charge on any atom is 0.0724 e. The highest BCUT2D eigenvalue weighted by molar-refractivity contribution is 8.00. The van der Waals surface area contributed by atoms with Crippen molar-refractivity contribution in [2.75, 3.05) is 5.75 Å². The van der Waals surface area contributed by atoms with Gasteiger partial charge in [-0.1, -0.05) is 18.2 Å². The van der Waals surface area contributed by atoms with Crippen molar-refractivity contribution in [3.63, 3.8) is 0 Å². The molecule has 18 heavy (non-hydrogen) atoms. The molecule has 0 spiro atoms. The Bertz CT molecular complexity index is 540. The van der Waals surface area contributed by atoms with Gasteiger partial charge in [-0.25, -0.2) is 0 Å². The fourth-order valence-corrected chi connectivity index (χ4v) is 4.97. The van der Waals surface area contributed by atoms with E-state index in [9.17, 15) is 5.11 Å². The zero-order chi connectivity index (χ0) is 12.6. The summed E-state index contributed by atoms with van der Waals surface area (Å²) in [6.45, 7) is 2.21. The van der Waals surface area contributed by atoms with Gasteiger partial charge < -0.3 is 5.11 Å². The van der Waals surface area contributed by atoms with E-state index in [0.29, 0.717) is 0 Å². The third-order valence-electron chi connectivity index (χ3n) is 3.93. The van der Waals surface area contributed by atoms with Gasteiger partial charge in [-0.2, -0.15) is 11.8 Å². The lowest BCUT2D eigenvalue weighted by Crippen LogP contribution is -2.35. The molecule has 0 bridgehead atoms. The molecule has 3 rings (SSSR count). The second kappa shape index (κ2) is 4.87. The number of thiophene rings is 1. The summed E-state index contributed by atoms with van der Waals surface area (Å²) in [6.07, 6.45) is 2.93. The molecule has 1 nitrogen and oxygen atoms in total. The van der Waals surface area contributed by atoms with Gasteiger partial charge in [0, 0.05) is 15.9 Å². The third-order valence-corrected chi connectivity index (χ3v) is 6.57. The smallest absolute Gasteiger partial charge is 0.0724 e. The van der Waals surface area contributed by atoms with Crippen molar-refractivity contribution >= 4 is 33.2 Å². The molecule has 1 saturated heterocycles. The van der Waals surface area contributed by atoms with Crippen LogP contribution in [0.5, 0.6) is 0 Å². The molecule has 3 heteroatoms. The molecule has 0 radical (unpaired) electrons. The first-order valence-corrected chi connectivity index (χ1v) is 8.33. The topological polar surface area (TPSA) is 20.2 Å². The first-order valence-electron chi connectivity index (χ1n) is 6.46. The van der Waals surface area contributed by atoms with Gasteiger partial charge in [0.15, 0.2) is 0 Å². The summed E-state index contributed by atoms with van der Waals surface area (Å²) >= 11 is 3.71. The predicted molar refractivity (Wildman–Crippen MR) is 81.6 cm³/mol. The minimum atomic E-state index is -0.233. The van der Waals surface area contributed by atoms with Crippen LogP contribution in [0.15, 0.2) is 29.6 Å². The standard InChI is InChI=1S/C15H18OS2/c1-15(7-4-8-18-15)14(16)9-11-10-17-13-6-3-2-5-12(11)13/h2-3,5-6,10,14,16H,4,7-9H2,1H3. The molecule has 1 fully saturated rings. The van der Waals surface area contributed by atoms with E-state index in [1.54, 1.807) is 11.3 Å². The Labute approximate surface area is 116 Å². The number of aliphatic hydroxyl groups is 1. The Morgan fingerprint density at radius 2 is 2.22 bits per heavy atom. The quantitative estimate of drug-likeness (QED) is 0.912. The SMILES string of the molecule is CC1(C(O)Cc2csc3ccccc23)CCCS1. The summed E-state index contributed by atoms with van der Waals surface area (Å²) in [6, 6.07) is 8.48. The van der Waals surface area contributed by atoms with Gasteiger partial charge in [-0.15, -0.1) is 11.3 Å². The molecular formula is C15H18OS2. The Balaban J connectivity index is 1.84. The van der Waals surface area contributed by atoms with E-state index in [1.807, 2.05) is 11.8 Å². The monoisotopic (exact) mass is 278 g/mol.